The van der Waals surface area contributed by atoms with Crippen molar-refractivity contribution in [2.24, 2.45) is 0 Å². The molecule has 0 radical (unpaired) electrons. The summed E-state index contributed by atoms with van der Waals surface area (Å²) < 4.78 is 19.0. The molecule has 0 saturated carbocycles. The van der Waals surface area contributed by atoms with Crippen LogP contribution < -0.4 is 4.74 Å². The van der Waals surface area contributed by atoms with Crippen molar-refractivity contribution < 1.29 is 9.13 Å². The highest BCUT2D eigenvalue weighted by atomic mass is 35.5. The van der Waals surface area contributed by atoms with E-state index in [-0.39, 0.29) is 18.3 Å². The lowest BCUT2D eigenvalue weighted by molar-refractivity contribution is 0.304. The van der Waals surface area contributed by atoms with Gasteiger partial charge in [0, 0.05) is 16.7 Å². The molecule has 0 aromatic heterocycles. The Bertz CT molecular complexity index is 702. The molecule has 2 aromatic rings. The number of hydrogen-bond acceptors (Lipinski definition) is 1. The fourth-order valence-corrected chi connectivity index (χ4v) is 2.13. The van der Waals surface area contributed by atoms with Crippen molar-refractivity contribution in [2.75, 3.05) is 5.88 Å². The van der Waals surface area contributed by atoms with Gasteiger partial charge < -0.3 is 4.74 Å². The minimum absolute atomic E-state index is 0.209. The molecule has 0 aliphatic rings. The Balaban J connectivity index is 2.20. The van der Waals surface area contributed by atoms with E-state index in [0.717, 1.165) is 11.1 Å². The third kappa shape index (κ3) is 4.39. The van der Waals surface area contributed by atoms with Crippen molar-refractivity contribution in [1.82, 2.24) is 0 Å². The molecule has 4 heteroatoms. The quantitative estimate of drug-likeness (QED) is 0.573. The van der Waals surface area contributed by atoms with Gasteiger partial charge in [-0.2, -0.15) is 0 Å². The van der Waals surface area contributed by atoms with Gasteiger partial charge in [-0.3, -0.25) is 0 Å². The van der Waals surface area contributed by atoms with Crippen LogP contribution >= 0.6 is 23.2 Å². The summed E-state index contributed by atoms with van der Waals surface area (Å²) in [6.45, 7) is 2.21. The first-order chi connectivity index (χ1) is 10.1. The van der Waals surface area contributed by atoms with Gasteiger partial charge >= 0.3 is 0 Å². The molecule has 0 fully saturated rings. The molecule has 0 amide bonds. The summed E-state index contributed by atoms with van der Waals surface area (Å²) >= 11 is 11.7. The SMILES string of the molecule is Cc1ccc(COc2cc(F)ccc2C#CCCl)c(Cl)c1. The molecule has 0 saturated heterocycles. The lowest BCUT2D eigenvalue weighted by Crippen LogP contribution is -1.99. The van der Waals surface area contributed by atoms with Crippen molar-refractivity contribution in [2.45, 2.75) is 13.5 Å². The van der Waals surface area contributed by atoms with Crippen molar-refractivity contribution in [1.29, 1.82) is 0 Å². The van der Waals surface area contributed by atoms with E-state index in [2.05, 4.69) is 11.8 Å². The zero-order valence-corrected chi connectivity index (χ0v) is 12.9. The van der Waals surface area contributed by atoms with Crippen LogP contribution in [0.5, 0.6) is 5.75 Å². The number of hydrogen-bond donors (Lipinski definition) is 0. The molecule has 1 nitrogen and oxygen atoms in total. The molecule has 0 atom stereocenters. The molecule has 0 unspecified atom stereocenters. The van der Waals surface area contributed by atoms with E-state index in [0.29, 0.717) is 16.3 Å². The average Bonchev–Trinajstić information content (AvgIpc) is 2.45. The molecule has 2 aromatic carbocycles. The van der Waals surface area contributed by atoms with Crippen LogP contribution in [0.1, 0.15) is 16.7 Å². The van der Waals surface area contributed by atoms with Gasteiger partial charge in [0.15, 0.2) is 0 Å². The second-order valence-electron chi connectivity index (χ2n) is 4.46. The number of rotatable bonds is 3. The second-order valence-corrected chi connectivity index (χ2v) is 5.13. The topological polar surface area (TPSA) is 9.23 Å². The third-order valence-corrected chi connectivity index (χ3v) is 3.31. The van der Waals surface area contributed by atoms with E-state index < -0.39 is 0 Å². The summed E-state index contributed by atoms with van der Waals surface area (Å²) in [5, 5.41) is 0.625. The summed E-state index contributed by atoms with van der Waals surface area (Å²) in [4.78, 5) is 0. The highest BCUT2D eigenvalue weighted by Crippen LogP contribution is 2.23. The average molecular weight is 323 g/mol. The van der Waals surface area contributed by atoms with Gasteiger partial charge in [0.1, 0.15) is 18.2 Å². The molecule has 21 heavy (non-hydrogen) atoms. The smallest absolute Gasteiger partial charge is 0.138 e. The van der Waals surface area contributed by atoms with Crippen molar-refractivity contribution in [3.63, 3.8) is 0 Å². The third-order valence-electron chi connectivity index (χ3n) is 2.83. The van der Waals surface area contributed by atoms with Crippen LogP contribution in [-0.4, -0.2) is 5.88 Å². The number of alkyl halides is 1. The van der Waals surface area contributed by atoms with E-state index in [9.17, 15) is 4.39 Å². The van der Waals surface area contributed by atoms with Gasteiger partial charge in [0.2, 0.25) is 0 Å². The molecule has 0 spiro atoms. The molecule has 0 bridgehead atoms. The summed E-state index contributed by atoms with van der Waals surface area (Å²) in [6.07, 6.45) is 0. The minimum atomic E-state index is -0.378. The van der Waals surface area contributed by atoms with E-state index >= 15 is 0 Å². The Morgan fingerprint density at radius 2 is 2.00 bits per heavy atom. The van der Waals surface area contributed by atoms with Crippen LogP contribution in [0.25, 0.3) is 0 Å². The lowest BCUT2D eigenvalue weighted by atomic mass is 10.1. The molecular weight excluding hydrogens is 310 g/mol. The van der Waals surface area contributed by atoms with Crippen LogP contribution in [0.4, 0.5) is 4.39 Å². The molecule has 0 aliphatic carbocycles. The Kier molecular flexibility index (Phi) is 5.50. The highest BCUT2D eigenvalue weighted by Gasteiger charge is 2.06. The van der Waals surface area contributed by atoms with Gasteiger partial charge in [0.25, 0.3) is 0 Å². The molecule has 0 heterocycles. The second kappa shape index (κ2) is 7.36. The number of aryl methyl sites for hydroxylation is 1. The minimum Gasteiger partial charge on any atom is -0.487 e. The molecule has 0 aliphatic heterocycles. The van der Waals surface area contributed by atoms with Crippen LogP contribution in [0.3, 0.4) is 0 Å². The normalized spacial score (nSPS) is 9.90. The monoisotopic (exact) mass is 322 g/mol. The predicted molar refractivity (Wildman–Crippen MR) is 84.5 cm³/mol. The predicted octanol–water partition coefficient (Wildman–Crippen LogP) is 4.96. The lowest BCUT2D eigenvalue weighted by Gasteiger charge is -2.10. The Hall–Kier alpha value is -1.69. The fourth-order valence-electron chi connectivity index (χ4n) is 1.77. The zero-order chi connectivity index (χ0) is 15.2. The summed E-state index contributed by atoms with van der Waals surface area (Å²) in [7, 11) is 0. The van der Waals surface area contributed by atoms with Crippen molar-refractivity contribution in [3.05, 3.63) is 63.9 Å². The largest absolute Gasteiger partial charge is 0.487 e. The number of benzene rings is 2. The van der Waals surface area contributed by atoms with Crippen LogP contribution in [0.15, 0.2) is 36.4 Å². The zero-order valence-electron chi connectivity index (χ0n) is 11.4. The van der Waals surface area contributed by atoms with Crippen LogP contribution in [0, 0.1) is 24.6 Å². The van der Waals surface area contributed by atoms with E-state index in [1.54, 1.807) is 6.07 Å². The Labute approximate surface area is 133 Å². The van der Waals surface area contributed by atoms with Crippen molar-refractivity contribution >= 4 is 23.2 Å². The van der Waals surface area contributed by atoms with Gasteiger partial charge in [-0.15, -0.1) is 11.6 Å². The van der Waals surface area contributed by atoms with Gasteiger partial charge in [-0.1, -0.05) is 35.6 Å². The highest BCUT2D eigenvalue weighted by molar-refractivity contribution is 6.31. The van der Waals surface area contributed by atoms with Gasteiger partial charge in [-0.05, 0) is 30.7 Å². The van der Waals surface area contributed by atoms with E-state index in [4.69, 9.17) is 27.9 Å². The van der Waals surface area contributed by atoms with Crippen LogP contribution in [-0.2, 0) is 6.61 Å². The molecule has 2 rings (SSSR count). The summed E-state index contributed by atoms with van der Waals surface area (Å²) in [6, 6.07) is 9.91. The maximum atomic E-state index is 13.3. The Morgan fingerprint density at radius 3 is 2.71 bits per heavy atom. The first kappa shape index (κ1) is 15.7. The van der Waals surface area contributed by atoms with Crippen molar-refractivity contribution in [3.8, 4) is 17.6 Å². The molecule has 0 N–H and O–H groups in total. The molecule has 108 valence electrons. The Morgan fingerprint density at radius 1 is 1.19 bits per heavy atom. The number of ether oxygens (including phenoxy) is 1. The van der Waals surface area contributed by atoms with Gasteiger partial charge in [-0.25, -0.2) is 4.39 Å². The molecular formula is C17H13Cl2FO. The van der Waals surface area contributed by atoms with Gasteiger partial charge in [0.05, 0.1) is 11.4 Å². The van der Waals surface area contributed by atoms with E-state index in [1.807, 2.05) is 25.1 Å². The maximum Gasteiger partial charge on any atom is 0.138 e. The standard InChI is InChI=1S/C17H13Cl2FO/c1-12-4-5-14(16(19)9-12)11-21-17-10-15(20)7-6-13(17)3-2-8-18/h4-7,9-10H,8,11H2,1H3. The summed E-state index contributed by atoms with van der Waals surface area (Å²) in [5.41, 5.74) is 2.51. The summed E-state index contributed by atoms with van der Waals surface area (Å²) in [5.74, 6) is 5.78. The van der Waals surface area contributed by atoms with E-state index in [1.165, 1.54) is 12.1 Å². The maximum absolute atomic E-state index is 13.3. The van der Waals surface area contributed by atoms with Crippen LogP contribution in [0.2, 0.25) is 5.02 Å². The number of halogens is 3. The fraction of sp³-hybridized carbons (Fsp3) is 0.176. The first-order valence-electron chi connectivity index (χ1n) is 6.32. The first-order valence-corrected chi connectivity index (χ1v) is 7.23.